The van der Waals surface area contributed by atoms with Gasteiger partial charge < -0.3 is 10.1 Å². The van der Waals surface area contributed by atoms with E-state index in [1.54, 1.807) is 13.2 Å². The molecule has 0 bridgehead atoms. The Balaban J connectivity index is 2.05. The van der Waals surface area contributed by atoms with Crippen LogP contribution in [0.1, 0.15) is 12.5 Å². The molecule has 1 N–H and O–H groups in total. The minimum atomic E-state index is 0.253. The molecule has 1 atom stereocenters. The number of hydrogen-bond acceptors (Lipinski definition) is 2. The van der Waals surface area contributed by atoms with Gasteiger partial charge in [-0.05, 0) is 43.2 Å². The topological polar surface area (TPSA) is 21.3 Å². The maximum atomic E-state index is 6.01. The second-order valence-corrected chi connectivity index (χ2v) is 5.50. The lowest BCUT2D eigenvalue weighted by molar-refractivity contribution is 0.409. The third-order valence-corrected chi connectivity index (χ3v) is 3.79. The molecule has 0 aliphatic carbocycles. The molecule has 2 rings (SSSR count). The van der Waals surface area contributed by atoms with E-state index in [4.69, 9.17) is 27.9 Å². The molecule has 106 valence electrons. The molecule has 0 radical (unpaired) electrons. The van der Waals surface area contributed by atoms with Crippen molar-refractivity contribution >= 4 is 28.9 Å². The molecular weight excluding hydrogens is 293 g/mol. The monoisotopic (exact) mass is 309 g/mol. The summed E-state index contributed by atoms with van der Waals surface area (Å²) in [5, 5.41) is 4.53. The standard InChI is InChI=1S/C16H17Cl2NO/c1-11(9-12-5-3-4-6-16(12)20-2)19-13-7-8-14(17)15(18)10-13/h3-8,10-11,19H,9H2,1-2H3. The predicted molar refractivity (Wildman–Crippen MR) is 86.2 cm³/mol. The SMILES string of the molecule is COc1ccccc1CC(C)Nc1ccc(Cl)c(Cl)c1. The first kappa shape index (κ1) is 15.0. The van der Waals surface area contributed by atoms with Crippen LogP contribution in [0.2, 0.25) is 10.0 Å². The number of hydrogen-bond donors (Lipinski definition) is 1. The summed E-state index contributed by atoms with van der Waals surface area (Å²) in [6.07, 6.45) is 0.865. The van der Waals surface area contributed by atoms with E-state index in [9.17, 15) is 0 Å². The number of benzene rings is 2. The van der Waals surface area contributed by atoms with Gasteiger partial charge in [-0.1, -0.05) is 41.4 Å². The summed E-state index contributed by atoms with van der Waals surface area (Å²) in [7, 11) is 1.69. The van der Waals surface area contributed by atoms with E-state index in [1.807, 2.05) is 30.3 Å². The molecule has 0 aliphatic rings. The minimum Gasteiger partial charge on any atom is -0.496 e. The minimum absolute atomic E-state index is 0.253. The summed E-state index contributed by atoms with van der Waals surface area (Å²) >= 11 is 11.9. The Morgan fingerprint density at radius 1 is 1.10 bits per heavy atom. The molecule has 2 aromatic carbocycles. The van der Waals surface area contributed by atoms with Gasteiger partial charge in [-0.2, -0.15) is 0 Å². The van der Waals surface area contributed by atoms with E-state index in [-0.39, 0.29) is 6.04 Å². The van der Waals surface area contributed by atoms with Gasteiger partial charge in [0, 0.05) is 11.7 Å². The Kier molecular flexibility index (Phi) is 5.16. The maximum Gasteiger partial charge on any atom is 0.122 e. The molecule has 0 fully saturated rings. The van der Waals surface area contributed by atoms with Crippen LogP contribution in [0, 0.1) is 0 Å². The molecule has 0 aromatic heterocycles. The number of halogens is 2. The Morgan fingerprint density at radius 2 is 1.85 bits per heavy atom. The van der Waals surface area contributed by atoms with Crippen LogP contribution in [-0.2, 0) is 6.42 Å². The quantitative estimate of drug-likeness (QED) is 0.835. The van der Waals surface area contributed by atoms with Crippen molar-refractivity contribution in [2.24, 2.45) is 0 Å². The summed E-state index contributed by atoms with van der Waals surface area (Å²) in [5.41, 5.74) is 2.14. The van der Waals surface area contributed by atoms with Crippen LogP contribution < -0.4 is 10.1 Å². The Bertz CT molecular complexity index is 586. The van der Waals surface area contributed by atoms with Gasteiger partial charge in [-0.15, -0.1) is 0 Å². The molecule has 20 heavy (non-hydrogen) atoms. The van der Waals surface area contributed by atoms with E-state index < -0.39 is 0 Å². The number of anilines is 1. The molecule has 4 heteroatoms. The smallest absolute Gasteiger partial charge is 0.122 e. The first-order chi connectivity index (χ1) is 9.60. The predicted octanol–water partition coefficient (Wildman–Crippen LogP) is 5.05. The van der Waals surface area contributed by atoms with Crippen molar-refractivity contribution in [3.63, 3.8) is 0 Å². The Morgan fingerprint density at radius 3 is 2.55 bits per heavy atom. The third-order valence-electron chi connectivity index (χ3n) is 3.05. The van der Waals surface area contributed by atoms with E-state index in [0.717, 1.165) is 17.9 Å². The summed E-state index contributed by atoms with van der Waals surface area (Å²) in [6.45, 7) is 2.12. The second-order valence-electron chi connectivity index (χ2n) is 4.69. The number of para-hydroxylation sites is 1. The summed E-state index contributed by atoms with van der Waals surface area (Å²) in [4.78, 5) is 0. The average Bonchev–Trinajstić information content (AvgIpc) is 2.43. The van der Waals surface area contributed by atoms with Gasteiger partial charge >= 0.3 is 0 Å². The first-order valence-electron chi connectivity index (χ1n) is 6.43. The number of nitrogens with one attached hydrogen (secondary N) is 1. The largest absolute Gasteiger partial charge is 0.496 e. The molecular formula is C16H17Cl2NO. The number of ether oxygens (including phenoxy) is 1. The molecule has 0 saturated heterocycles. The molecule has 2 aromatic rings. The van der Waals surface area contributed by atoms with Gasteiger partial charge in [0.25, 0.3) is 0 Å². The lowest BCUT2D eigenvalue weighted by Crippen LogP contribution is -2.18. The van der Waals surface area contributed by atoms with E-state index in [1.165, 1.54) is 5.56 Å². The third kappa shape index (κ3) is 3.81. The molecule has 2 nitrogen and oxygen atoms in total. The van der Waals surface area contributed by atoms with Crippen molar-refractivity contribution in [1.82, 2.24) is 0 Å². The molecule has 0 amide bonds. The fourth-order valence-corrected chi connectivity index (χ4v) is 2.42. The van der Waals surface area contributed by atoms with E-state index in [2.05, 4.69) is 18.3 Å². The van der Waals surface area contributed by atoms with Crippen LogP contribution in [0.3, 0.4) is 0 Å². The van der Waals surface area contributed by atoms with Crippen LogP contribution >= 0.6 is 23.2 Å². The van der Waals surface area contributed by atoms with Gasteiger partial charge in [0.05, 0.1) is 17.2 Å². The zero-order valence-electron chi connectivity index (χ0n) is 11.5. The van der Waals surface area contributed by atoms with Crippen molar-refractivity contribution in [3.8, 4) is 5.75 Å². The average molecular weight is 310 g/mol. The zero-order valence-corrected chi connectivity index (χ0v) is 13.0. The highest BCUT2D eigenvalue weighted by atomic mass is 35.5. The van der Waals surface area contributed by atoms with Gasteiger partial charge in [0.2, 0.25) is 0 Å². The summed E-state index contributed by atoms with van der Waals surface area (Å²) < 4.78 is 5.36. The highest BCUT2D eigenvalue weighted by Gasteiger charge is 2.08. The van der Waals surface area contributed by atoms with Crippen molar-refractivity contribution < 1.29 is 4.74 Å². The summed E-state index contributed by atoms with van der Waals surface area (Å²) in [6, 6.07) is 13.8. The van der Waals surface area contributed by atoms with Crippen LogP contribution in [-0.4, -0.2) is 13.2 Å². The van der Waals surface area contributed by atoms with Crippen molar-refractivity contribution in [2.45, 2.75) is 19.4 Å². The zero-order chi connectivity index (χ0) is 14.5. The van der Waals surface area contributed by atoms with Gasteiger partial charge in [0.15, 0.2) is 0 Å². The van der Waals surface area contributed by atoms with Crippen molar-refractivity contribution in [2.75, 3.05) is 12.4 Å². The van der Waals surface area contributed by atoms with Gasteiger partial charge in [0.1, 0.15) is 5.75 Å². The lowest BCUT2D eigenvalue weighted by Gasteiger charge is -2.17. The Hall–Kier alpha value is -1.38. The first-order valence-corrected chi connectivity index (χ1v) is 7.19. The summed E-state index contributed by atoms with van der Waals surface area (Å²) in [5.74, 6) is 0.912. The normalized spacial score (nSPS) is 12.0. The highest BCUT2D eigenvalue weighted by molar-refractivity contribution is 6.42. The Labute approximate surface area is 129 Å². The lowest BCUT2D eigenvalue weighted by atomic mass is 10.1. The molecule has 0 heterocycles. The van der Waals surface area contributed by atoms with Crippen molar-refractivity contribution in [3.05, 3.63) is 58.1 Å². The highest BCUT2D eigenvalue weighted by Crippen LogP contribution is 2.26. The maximum absolute atomic E-state index is 6.01. The number of rotatable bonds is 5. The van der Waals surface area contributed by atoms with Gasteiger partial charge in [-0.3, -0.25) is 0 Å². The van der Waals surface area contributed by atoms with Crippen LogP contribution in [0.4, 0.5) is 5.69 Å². The fraction of sp³-hybridized carbons (Fsp3) is 0.250. The van der Waals surface area contributed by atoms with E-state index in [0.29, 0.717) is 10.0 Å². The second kappa shape index (κ2) is 6.87. The fourth-order valence-electron chi connectivity index (χ4n) is 2.12. The van der Waals surface area contributed by atoms with Crippen LogP contribution in [0.15, 0.2) is 42.5 Å². The molecule has 0 aliphatic heterocycles. The molecule has 1 unspecified atom stereocenters. The number of methoxy groups -OCH3 is 1. The van der Waals surface area contributed by atoms with E-state index >= 15 is 0 Å². The van der Waals surface area contributed by atoms with Crippen molar-refractivity contribution in [1.29, 1.82) is 0 Å². The molecule has 0 saturated carbocycles. The van der Waals surface area contributed by atoms with Crippen LogP contribution in [0.25, 0.3) is 0 Å². The van der Waals surface area contributed by atoms with Crippen LogP contribution in [0.5, 0.6) is 5.75 Å². The van der Waals surface area contributed by atoms with Gasteiger partial charge in [-0.25, -0.2) is 0 Å². The molecule has 0 spiro atoms.